The van der Waals surface area contributed by atoms with Gasteiger partial charge in [0.05, 0.1) is 37.0 Å². The fourth-order valence-electron chi connectivity index (χ4n) is 5.38. The lowest BCUT2D eigenvalue weighted by Crippen LogP contribution is -1.92. The Labute approximate surface area is 299 Å². The lowest BCUT2D eigenvalue weighted by molar-refractivity contribution is 0.669. The Hall–Kier alpha value is -5.92. The molecule has 0 saturated carbocycles. The van der Waals surface area contributed by atoms with Crippen LogP contribution in [0.15, 0.2) is 174 Å². The lowest BCUT2D eigenvalue weighted by atomic mass is 9.83. The maximum Gasteiger partial charge on any atom is 0.136 e. The van der Waals surface area contributed by atoms with E-state index in [0.29, 0.717) is 0 Å². The minimum Gasteiger partial charge on any atom is -0.456 e. The third kappa shape index (κ3) is 4.09. The zero-order valence-corrected chi connectivity index (χ0v) is 22.5. The molecule has 0 unspecified atom stereocenters. The summed E-state index contributed by atoms with van der Waals surface area (Å²) >= 11 is 0. The average molecular weight is 600 g/mol. The lowest BCUT2D eigenvalue weighted by Gasteiger charge is -2.19. The molecule has 0 N–H and O–H groups in total. The number of fused-ring (bicyclic) bond motifs is 5. The van der Waals surface area contributed by atoms with Crippen molar-refractivity contribution in [1.29, 1.82) is 0 Å². The van der Waals surface area contributed by atoms with Gasteiger partial charge in [-0.15, -0.1) is 0 Å². The van der Waals surface area contributed by atoms with E-state index in [1.165, 1.54) is 0 Å². The van der Waals surface area contributed by atoms with E-state index in [1.54, 1.807) is 0 Å². The Balaban J connectivity index is 1.66. The largest absolute Gasteiger partial charge is 0.456 e. The molecular formula is C44H28O. The molecule has 1 aromatic heterocycles. The molecule has 9 rings (SSSR count). The maximum atomic E-state index is 10.0. The Morgan fingerprint density at radius 1 is 0.356 bits per heavy atom. The molecule has 0 aliphatic heterocycles. The van der Waals surface area contributed by atoms with Crippen molar-refractivity contribution < 1.29 is 41.4 Å². The standard InChI is InChI=1S/C44H28O/c1-3-14-29(15-4-1)32-27-26-31(28-39(32)30-16-5-2-6-17-30)42-33-18-7-9-20-35(33)43(36-21-10-8-19-34(36)42)38-23-13-25-41-44(38)37-22-11-12-24-40(37)45-41/h1-28H/i1D,2D,3D,4D,5D,6D,7D,8D,9D,10D,11D,12D,13D,14D,15D,16D,18D,19D,20D,21D,22D,23D,24D,25D,26D,27D,28D. The summed E-state index contributed by atoms with van der Waals surface area (Å²) in [5, 5.41) is -4.00. The average Bonchev–Trinajstić information content (AvgIpc) is 3.75. The zero-order chi connectivity index (χ0) is 53.2. The van der Waals surface area contributed by atoms with E-state index >= 15 is 0 Å². The predicted octanol–water partition coefficient (Wildman–Crippen LogP) is 12.6. The van der Waals surface area contributed by atoms with Crippen LogP contribution in [0.1, 0.15) is 37.0 Å². The molecule has 1 nitrogen and oxygen atoms in total. The van der Waals surface area contributed by atoms with Gasteiger partial charge >= 0.3 is 0 Å². The van der Waals surface area contributed by atoms with Crippen molar-refractivity contribution in [2.75, 3.05) is 0 Å². The Bertz CT molecular complexity index is 3950. The van der Waals surface area contributed by atoms with E-state index < -0.39 is 251 Å². The first-order valence-corrected chi connectivity index (χ1v) is 13.2. The van der Waals surface area contributed by atoms with Gasteiger partial charge in [-0.05, 0) is 84.2 Å². The van der Waals surface area contributed by atoms with Gasteiger partial charge in [0.2, 0.25) is 0 Å². The highest BCUT2D eigenvalue weighted by atomic mass is 16.3. The SMILES string of the molecule is [2H]c1cc(-c2c([2H])c(-c3c4c([2H])c([2H])c([2H])c([2H])c4c(-c4c([2H])c([2H])c([2H])c5oc6c([2H])c([2H])c([2H])c([2H])c6c45)c4c([2H])c([2H])c([2H])c([2H])c34)c([2H])c([2H])c2-c2c([2H])c([2H])c([2H])c([2H])c2[2H])c([2H])c([2H])c1[2H]. The van der Waals surface area contributed by atoms with Crippen molar-refractivity contribution in [2.45, 2.75) is 0 Å². The zero-order valence-electron chi connectivity index (χ0n) is 49.5. The second-order valence-corrected chi connectivity index (χ2v) is 9.59. The smallest absolute Gasteiger partial charge is 0.136 e. The van der Waals surface area contributed by atoms with Gasteiger partial charge in [-0.3, -0.25) is 0 Å². The predicted molar refractivity (Wildman–Crippen MR) is 190 cm³/mol. The van der Waals surface area contributed by atoms with Gasteiger partial charge in [0.15, 0.2) is 0 Å². The summed E-state index contributed by atoms with van der Waals surface area (Å²) in [5.41, 5.74) is -7.21. The molecule has 0 saturated heterocycles. The van der Waals surface area contributed by atoms with Gasteiger partial charge < -0.3 is 4.42 Å². The number of hydrogen-bond acceptors (Lipinski definition) is 1. The van der Waals surface area contributed by atoms with Gasteiger partial charge in [-0.2, -0.15) is 0 Å². The molecule has 0 aliphatic rings. The van der Waals surface area contributed by atoms with Gasteiger partial charge in [-0.25, -0.2) is 0 Å². The first-order valence-electron chi connectivity index (χ1n) is 26.7. The first-order chi connectivity index (χ1) is 33.6. The van der Waals surface area contributed by atoms with E-state index in [1.807, 2.05) is 0 Å². The molecule has 8 aromatic carbocycles. The molecule has 0 aliphatic carbocycles. The highest BCUT2D eigenvalue weighted by molar-refractivity contribution is 6.25. The number of benzene rings is 8. The minimum atomic E-state index is -1.12. The highest BCUT2D eigenvalue weighted by Crippen LogP contribution is 2.47. The van der Waals surface area contributed by atoms with Gasteiger partial charge in [-0.1, -0.05) is 151 Å². The molecule has 0 bridgehead atoms. The molecule has 1 heterocycles. The normalized spacial score (nSPS) is 20.0. The summed E-state index contributed by atoms with van der Waals surface area (Å²) < 4.78 is 248. The summed E-state index contributed by atoms with van der Waals surface area (Å²) in [6.07, 6.45) is 0. The fourth-order valence-corrected chi connectivity index (χ4v) is 5.38. The molecule has 210 valence electrons. The topological polar surface area (TPSA) is 13.1 Å². The number of para-hydroxylation sites is 1. The second-order valence-electron chi connectivity index (χ2n) is 9.59. The molecule has 0 spiro atoms. The van der Waals surface area contributed by atoms with Crippen molar-refractivity contribution in [3.63, 3.8) is 0 Å². The summed E-state index contributed by atoms with van der Waals surface area (Å²) in [4.78, 5) is 0. The van der Waals surface area contributed by atoms with Crippen molar-refractivity contribution in [1.82, 2.24) is 0 Å². The summed E-state index contributed by atoms with van der Waals surface area (Å²) in [5.74, 6) is 0. The Morgan fingerprint density at radius 3 is 1.67 bits per heavy atom. The van der Waals surface area contributed by atoms with Gasteiger partial charge in [0, 0.05) is 10.8 Å². The molecular weight excluding hydrogens is 544 g/mol. The highest BCUT2D eigenvalue weighted by Gasteiger charge is 2.21. The molecule has 0 atom stereocenters. The summed E-state index contributed by atoms with van der Waals surface area (Å²) in [6.45, 7) is 0. The minimum absolute atomic E-state index is 0.485. The van der Waals surface area contributed by atoms with Crippen LogP contribution < -0.4 is 0 Å². The van der Waals surface area contributed by atoms with Crippen LogP contribution in [0.5, 0.6) is 0 Å². The van der Waals surface area contributed by atoms with Crippen molar-refractivity contribution >= 4 is 43.5 Å². The van der Waals surface area contributed by atoms with Crippen LogP contribution in [0, 0.1) is 0 Å². The summed E-state index contributed by atoms with van der Waals surface area (Å²) in [7, 11) is 0. The summed E-state index contributed by atoms with van der Waals surface area (Å²) in [6, 6.07) is -24.4. The van der Waals surface area contributed by atoms with Crippen molar-refractivity contribution in [3.05, 3.63) is 169 Å². The Morgan fingerprint density at radius 2 is 0.933 bits per heavy atom. The molecule has 0 radical (unpaired) electrons. The van der Waals surface area contributed by atoms with E-state index in [4.69, 9.17) is 30.5 Å². The third-order valence-electron chi connectivity index (χ3n) is 7.20. The molecule has 9 aromatic rings. The molecule has 45 heavy (non-hydrogen) atoms. The van der Waals surface area contributed by atoms with E-state index in [0.717, 1.165) is 6.07 Å². The number of furan rings is 1. The van der Waals surface area contributed by atoms with E-state index in [9.17, 15) is 11.0 Å². The quantitative estimate of drug-likeness (QED) is 0.183. The van der Waals surface area contributed by atoms with Crippen LogP contribution in [0.25, 0.3) is 88.0 Å². The van der Waals surface area contributed by atoms with Crippen molar-refractivity contribution in [2.24, 2.45) is 0 Å². The van der Waals surface area contributed by atoms with E-state index in [2.05, 4.69) is 0 Å². The first kappa shape index (κ1) is 10.3. The van der Waals surface area contributed by atoms with Crippen molar-refractivity contribution in [3.8, 4) is 44.5 Å². The molecule has 1 heteroatoms. The van der Waals surface area contributed by atoms with Crippen LogP contribution >= 0.6 is 0 Å². The molecule has 0 amide bonds. The van der Waals surface area contributed by atoms with Crippen LogP contribution in [0.3, 0.4) is 0 Å². The van der Waals surface area contributed by atoms with Gasteiger partial charge in [0.25, 0.3) is 0 Å². The third-order valence-corrected chi connectivity index (χ3v) is 7.20. The number of hydrogen-bond donors (Lipinski definition) is 0. The second kappa shape index (κ2) is 10.4. The van der Waals surface area contributed by atoms with E-state index in [-0.39, 0.29) is 0 Å². The van der Waals surface area contributed by atoms with Crippen LogP contribution in [0.4, 0.5) is 0 Å². The van der Waals surface area contributed by atoms with Crippen LogP contribution in [-0.4, -0.2) is 0 Å². The Kier molecular flexibility index (Phi) is 2.38. The maximum absolute atomic E-state index is 10.0. The molecule has 0 fully saturated rings. The monoisotopic (exact) mass is 599 g/mol. The fraction of sp³-hybridized carbons (Fsp3) is 0. The van der Waals surface area contributed by atoms with Crippen LogP contribution in [0.2, 0.25) is 0 Å². The number of rotatable bonds is 4. The van der Waals surface area contributed by atoms with Gasteiger partial charge in [0.1, 0.15) is 11.2 Å². The van der Waals surface area contributed by atoms with Crippen LogP contribution in [-0.2, 0) is 0 Å².